The number of hydrogen-bond donors (Lipinski definition) is 0. The van der Waals surface area contributed by atoms with Gasteiger partial charge in [-0.1, -0.05) is 19.3 Å². The molecule has 1 aromatic rings. The molecule has 0 spiro atoms. The average molecular weight is 325 g/mol. The molecule has 3 rings (SSSR count). The van der Waals surface area contributed by atoms with Gasteiger partial charge in [-0.25, -0.2) is 0 Å². The van der Waals surface area contributed by atoms with Crippen molar-refractivity contribution in [3.05, 3.63) is 24.0 Å². The molecule has 1 aromatic heterocycles. The van der Waals surface area contributed by atoms with E-state index in [1.54, 1.807) is 12.3 Å². The van der Waals surface area contributed by atoms with E-state index < -0.39 is 11.4 Å². The number of carboxylic acid groups (broad SMARTS) is 1. The minimum atomic E-state index is -1.07. The quantitative estimate of drug-likeness (QED) is 0.639. The van der Waals surface area contributed by atoms with Gasteiger partial charge in [-0.05, 0) is 43.7 Å². The monoisotopic (exact) mass is 325 g/mol. The number of hydrogen-bond acceptors (Lipinski definition) is 5. The SMILES string of the molecule is O=C([O-])C1(c2ccc(OCC3CCCCC3)cn2)CCOCC1.[Li+]. The van der Waals surface area contributed by atoms with Crippen LogP contribution < -0.4 is 28.7 Å². The van der Waals surface area contributed by atoms with Crippen molar-refractivity contribution < 1.29 is 38.2 Å². The van der Waals surface area contributed by atoms with Crippen LogP contribution in [0.25, 0.3) is 0 Å². The molecular formula is C18H24LiNO4. The van der Waals surface area contributed by atoms with Crippen molar-refractivity contribution in [2.45, 2.75) is 50.4 Å². The van der Waals surface area contributed by atoms with Crippen LogP contribution in [0.5, 0.6) is 5.75 Å². The summed E-state index contributed by atoms with van der Waals surface area (Å²) < 4.78 is 11.1. The van der Waals surface area contributed by atoms with E-state index in [0.717, 1.165) is 6.61 Å². The fraction of sp³-hybridized carbons (Fsp3) is 0.667. The average Bonchev–Trinajstić information content (AvgIpc) is 2.62. The Balaban J connectivity index is 0.00000208. The molecule has 1 aliphatic heterocycles. The Morgan fingerprint density at radius 2 is 1.96 bits per heavy atom. The molecule has 0 radical (unpaired) electrons. The normalized spacial score (nSPS) is 20.8. The standard InChI is InChI=1S/C18H25NO4.Li/c20-17(21)18(8-10-22-11-9-18)16-7-6-15(12-19-16)23-13-14-4-2-1-3-5-14;/h6-7,12,14H,1-5,8-11,13H2,(H,20,21);/q;+1/p-1. The van der Waals surface area contributed by atoms with Crippen molar-refractivity contribution in [1.29, 1.82) is 0 Å². The Morgan fingerprint density at radius 3 is 2.54 bits per heavy atom. The van der Waals surface area contributed by atoms with Crippen molar-refractivity contribution in [3.8, 4) is 5.75 Å². The number of aromatic nitrogens is 1. The summed E-state index contributed by atoms with van der Waals surface area (Å²) in [6, 6.07) is 3.59. The maximum atomic E-state index is 11.7. The number of pyridine rings is 1. The molecule has 126 valence electrons. The molecule has 1 aliphatic carbocycles. The second-order valence-corrected chi connectivity index (χ2v) is 6.68. The molecule has 24 heavy (non-hydrogen) atoms. The van der Waals surface area contributed by atoms with Gasteiger partial charge in [0.2, 0.25) is 0 Å². The Labute approximate surface area is 155 Å². The fourth-order valence-corrected chi connectivity index (χ4v) is 3.60. The maximum Gasteiger partial charge on any atom is 1.00 e. The summed E-state index contributed by atoms with van der Waals surface area (Å²) in [7, 11) is 0. The van der Waals surface area contributed by atoms with Gasteiger partial charge < -0.3 is 19.4 Å². The van der Waals surface area contributed by atoms with E-state index in [-0.39, 0.29) is 18.9 Å². The second kappa shape index (κ2) is 8.89. The molecule has 1 saturated heterocycles. The number of carbonyl (C=O) groups excluding carboxylic acids is 1. The van der Waals surface area contributed by atoms with E-state index in [0.29, 0.717) is 43.4 Å². The summed E-state index contributed by atoms with van der Waals surface area (Å²) in [5, 5.41) is 11.7. The Hall–Kier alpha value is -1.02. The summed E-state index contributed by atoms with van der Waals surface area (Å²) in [5.41, 5.74) is -0.481. The zero-order chi connectivity index (χ0) is 16.1. The summed E-state index contributed by atoms with van der Waals surface area (Å²) in [6.45, 7) is 1.58. The first-order valence-corrected chi connectivity index (χ1v) is 8.59. The fourth-order valence-electron chi connectivity index (χ4n) is 3.60. The van der Waals surface area contributed by atoms with Crippen molar-refractivity contribution in [1.82, 2.24) is 4.98 Å². The molecule has 5 nitrogen and oxygen atoms in total. The zero-order valence-corrected chi connectivity index (χ0v) is 14.5. The third kappa shape index (κ3) is 4.33. The van der Waals surface area contributed by atoms with Crippen LogP contribution in [0.4, 0.5) is 0 Å². The first-order chi connectivity index (χ1) is 11.2. The van der Waals surface area contributed by atoms with Gasteiger partial charge >= 0.3 is 18.9 Å². The van der Waals surface area contributed by atoms with E-state index in [1.165, 1.54) is 32.1 Å². The summed E-state index contributed by atoms with van der Waals surface area (Å²) >= 11 is 0. The van der Waals surface area contributed by atoms with E-state index >= 15 is 0 Å². The zero-order valence-electron chi connectivity index (χ0n) is 14.5. The van der Waals surface area contributed by atoms with Crippen LogP contribution >= 0.6 is 0 Å². The number of carbonyl (C=O) groups is 1. The third-order valence-electron chi connectivity index (χ3n) is 5.17. The van der Waals surface area contributed by atoms with E-state index in [2.05, 4.69) is 4.98 Å². The van der Waals surface area contributed by atoms with Crippen LogP contribution in [0, 0.1) is 5.92 Å². The second-order valence-electron chi connectivity index (χ2n) is 6.68. The van der Waals surface area contributed by atoms with Crippen LogP contribution in [0.15, 0.2) is 18.3 Å². The molecule has 2 fully saturated rings. The van der Waals surface area contributed by atoms with Crippen LogP contribution in [-0.4, -0.2) is 30.8 Å². The van der Waals surface area contributed by atoms with Gasteiger partial charge in [0.15, 0.2) is 0 Å². The van der Waals surface area contributed by atoms with Gasteiger partial charge in [0.25, 0.3) is 0 Å². The first kappa shape index (κ1) is 19.3. The maximum absolute atomic E-state index is 11.7. The molecule has 0 aromatic carbocycles. The predicted molar refractivity (Wildman–Crippen MR) is 83.0 cm³/mol. The molecule has 1 saturated carbocycles. The van der Waals surface area contributed by atoms with Gasteiger partial charge in [-0.2, -0.15) is 0 Å². The van der Waals surface area contributed by atoms with Gasteiger partial charge in [0.1, 0.15) is 5.75 Å². The smallest absolute Gasteiger partial charge is 0.549 e. The summed E-state index contributed by atoms with van der Waals surface area (Å²) in [4.78, 5) is 16.0. The molecule has 2 heterocycles. The minimum Gasteiger partial charge on any atom is -0.549 e. The molecule has 6 heteroatoms. The largest absolute Gasteiger partial charge is 1.00 e. The Bertz CT molecular complexity index is 522. The van der Waals surface area contributed by atoms with Crippen molar-refractivity contribution in [3.63, 3.8) is 0 Å². The Morgan fingerprint density at radius 1 is 1.25 bits per heavy atom. The van der Waals surface area contributed by atoms with Crippen LogP contribution in [0.1, 0.15) is 50.6 Å². The molecule has 0 atom stereocenters. The first-order valence-electron chi connectivity index (χ1n) is 8.59. The molecule has 2 aliphatic rings. The molecule has 0 amide bonds. The number of carboxylic acids is 1. The predicted octanol–water partition coefficient (Wildman–Crippen LogP) is -1.16. The number of nitrogens with zero attached hydrogens (tertiary/aromatic N) is 1. The van der Waals surface area contributed by atoms with Crippen molar-refractivity contribution >= 4 is 5.97 Å². The minimum absolute atomic E-state index is 0. The van der Waals surface area contributed by atoms with Crippen LogP contribution in [0.3, 0.4) is 0 Å². The van der Waals surface area contributed by atoms with Crippen molar-refractivity contribution in [2.75, 3.05) is 19.8 Å². The summed E-state index contributed by atoms with van der Waals surface area (Å²) in [6.07, 6.45) is 8.84. The van der Waals surface area contributed by atoms with Gasteiger partial charge in [0, 0.05) is 13.2 Å². The topological polar surface area (TPSA) is 71.5 Å². The summed E-state index contributed by atoms with van der Waals surface area (Å²) in [5.74, 6) is 0.275. The van der Waals surface area contributed by atoms with Gasteiger partial charge in [-0.3, -0.25) is 4.98 Å². The number of aliphatic carboxylic acids is 1. The number of rotatable bonds is 5. The van der Waals surface area contributed by atoms with Crippen LogP contribution in [0.2, 0.25) is 0 Å². The van der Waals surface area contributed by atoms with Crippen LogP contribution in [-0.2, 0) is 14.9 Å². The van der Waals surface area contributed by atoms with Gasteiger partial charge in [0.05, 0.1) is 29.9 Å². The van der Waals surface area contributed by atoms with Gasteiger partial charge in [-0.15, -0.1) is 0 Å². The third-order valence-corrected chi connectivity index (χ3v) is 5.17. The Kier molecular flexibility index (Phi) is 7.15. The molecule has 0 unspecified atom stereocenters. The van der Waals surface area contributed by atoms with E-state index in [4.69, 9.17) is 9.47 Å². The van der Waals surface area contributed by atoms with Crippen molar-refractivity contribution in [2.24, 2.45) is 5.92 Å². The number of ether oxygens (including phenoxy) is 2. The molecular weight excluding hydrogens is 301 g/mol. The molecule has 0 N–H and O–H groups in total. The van der Waals surface area contributed by atoms with E-state index in [1.807, 2.05) is 6.07 Å². The molecule has 0 bridgehead atoms. The van der Waals surface area contributed by atoms with E-state index in [9.17, 15) is 9.90 Å².